The number of carbonyl (C=O) groups is 2. The third kappa shape index (κ3) is 6.42. The van der Waals surface area contributed by atoms with Gasteiger partial charge in [0.1, 0.15) is 11.5 Å². The molecular weight excluding hydrogens is 459 g/mol. The molecule has 2 rings (SSSR count). The van der Waals surface area contributed by atoms with E-state index in [4.69, 9.17) is 9.47 Å². The number of carbonyl (C=O) groups excluding carboxylic acids is 2. The van der Waals surface area contributed by atoms with Gasteiger partial charge in [-0.15, -0.1) is 0 Å². The summed E-state index contributed by atoms with van der Waals surface area (Å²) in [4.78, 5) is 24.3. The van der Waals surface area contributed by atoms with E-state index in [2.05, 4.69) is 40.4 Å². The Morgan fingerprint density at radius 1 is 0.963 bits per heavy atom. The quantitative estimate of drug-likeness (QED) is 0.340. The number of hydrogen-bond donors (Lipinski definition) is 2. The lowest BCUT2D eigenvalue weighted by Gasteiger charge is -2.10. The van der Waals surface area contributed by atoms with Crippen LogP contribution < -0.4 is 20.3 Å². The molecule has 6 nitrogen and oxygen atoms in total. The molecule has 0 heterocycles. The molecule has 0 unspecified atom stereocenters. The van der Waals surface area contributed by atoms with Crippen molar-refractivity contribution in [2.45, 2.75) is 26.2 Å². The first kappa shape index (κ1) is 21.0. The smallest absolute Gasteiger partial charge is 0.269 e. The first-order valence-electron chi connectivity index (χ1n) is 8.72. The fraction of sp³-hybridized carbons (Fsp3) is 0.300. The largest absolute Gasteiger partial charge is 0.496 e. The van der Waals surface area contributed by atoms with Gasteiger partial charge >= 0.3 is 0 Å². The van der Waals surface area contributed by atoms with Crippen molar-refractivity contribution >= 4 is 34.4 Å². The molecule has 2 amide bonds. The Kier molecular flexibility index (Phi) is 8.38. The Bertz CT molecular complexity index is 778. The Balaban J connectivity index is 1.86. The summed E-state index contributed by atoms with van der Waals surface area (Å²) in [5, 5.41) is 0. The van der Waals surface area contributed by atoms with Gasteiger partial charge in [0.15, 0.2) is 0 Å². The van der Waals surface area contributed by atoms with Crippen LogP contribution in [0.1, 0.15) is 46.9 Å². The fourth-order valence-electron chi connectivity index (χ4n) is 2.31. The average molecular weight is 482 g/mol. The number of unbranched alkanes of at least 4 members (excludes halogenated alkanes) is 2. The van der Waals surface area contributed by atoms with Crippen LogP contribution in [0.15, 0.2) is 42.5 Å². The zero-order valence-corrected chi connectivity index (χ0v) is 17.5. The van der Waals surface area contributed by atoms with Crippen LogP contribution in [0.2, 0.25) is 0 Å². The molecule has 0 aliphatic rings. The van der Waals surface area contributed by atoms with E-state index in [0.29, 0.717) is 23.5 Å². The lowest BCUT2D eigenvalue weighted by atomic mass is 10.2. The summed E-state index contributed by atoms with van der Waals surface area (Å²) in [5.41, 5.74) is 5.68. The zero-order chi connectivity index (χ0) is 19.6. The van der Waals surface area contributed by atoms with E-state index in [-0.39, 0.29) is 0 Å². The number of ether oxygens (including phenoxy) is 2. The van der Waals surface area contributed by atoms with Gasteiger partial charge in [0.25, 0.3) is 11.8 Å². The average Bonchev–Trinajstić information content (AvgIpc) is 2.69. The SMILES string of the molecule is CCCCCOc1ccc(C(=O)NNC(=O)c2ccc(OC)c(I)c2)cc1. The van der Waals surface area contributed by atoms with Gasteiger partial charge in [-0.3, -0.25) is 20.4 Å². The zero-order valence-electron chi connectivity index (χ0n) is 15.4. The van der Waals surface area contributed by atoms with E-state index in [0.717, 1.165) is 28.6 Å². The van der Waals surface area contributed by atoms with Crippen LogP contribution in [0.25, 0.3) is 0 Å². The summed E-state index contributed by atoms with van der Waals surface area (Å²) in [6.45, 7) is 2.80. The molecule has 0 spiro atoms. The van der Waals surface area contributed by atoms with Crippen molar-refractivity contribution in [3.8, 4) is 11.5 Å². The van der Waals surface area contributed by atoms with Crippen molar-refractivity contribution in [2.75, 3.05) is 13.7 Å². The number of amides is 2. The third-order valence-corrected chi connectivity index (χ3v) is 4.68. The maximum absolute atomic E-state index is 12.2. The first-order chi connectivity index (χ1) is 13.0. The maximum Gasteiger partial charge on any atom is 0.269 e. The van der Waals surface area contributed by atoms with Crippen molar-refractivity contribution in [3.63, 3.8) is 0 Å². The second-order valence-electron chi connectivity index (χ2n) is 5.84. The van der Waals surface area contributed by atoms with Gasteiger partial charge in [-0.1, -0.05) is 19.8 Å². The summed E-state index contributed by atoms with van der Waals surface area (Å²) in [6, 6.07) is 11.8. The summed E-state index contributed by atoms with van der Waals surface area (Å²) in [6.07, 6.45) is 3.28. The molecule has 2 N–H and O–H groups in total. The van der Waals surface area contributed by atoms with Crippen LogP contribution in [0.3, 0.4) is 0 Å². The highest BCUT2D eigenvalue weighted by molar-refractivity contribution is 14.1. The topological polar surface area (TPSA) is 76.7 Å². The lowest BCUT2D eigenvalue weighted by Crippen LogP contribution is -2.41. The molecule has 0 atom stereocenters. The summed E-state index contributed by atoms with van der Waals surface area (Å²) >= 11 is 2.08. The molecule has 0 aliphatic carbocycles. The van der Waals surface area contributed by atoms with E-state index in [9.17, 15) is 9.59 Å². The van der Waals surface area contributed by atoms with Crippen molar-refractivity contribution in [1.29, 1.82) is 0 Å². The van der Waals surface area contributed by atoms with Gasteiger partial charge in [0.05, 0.1) is 17.3 Å². The minimum Gasteiger partial charge on any atom is -0.496 e. The van der Waals surface area contributed by atoms with Crippen LogP contribution in [0, 0.1) is 3.57 Å². The van der Waals surface area contributed by atoms with E-state index < -0.39 is 11.8 Å². The number of nitrogens with one attached hydrogen (secondary N) is 2. The standard InChI is InChI=1S/C20H23IN2O4/c1-3-4-5-12-27-16-9-6-14(7-10-16)19(24)22-23-20(25)15-8-11-18(26-2)17(21)13-15/h6-11,13H,3-5,12H2,1-2H3,(H,22,24)(H,23,25). The molecule has 7 heteroatoms. The molecule has 2 aromatic rings. The molecule has 0 radical (unpaired) electrons. The van der Waals surface area contributed by atoms with Crippen LogP contribution in [-0.2, 0) is 0 Å². The minimum absolute atomic E-state index is 0.399. The molecule has 144 valence electrons. The molecular formula is C20H23IN2O4. The van der Waals surface area contributed by atoms with Crippen LogP contribution in [-0.4, -0.2) is 25.5 Å². The molecule has 0 saturated carbocycles. The second kappa shape index (κ2) is 10.8. The van der Waals surface area contributed by atoms with Crippen molar-refractivity contribution in [2.24, 2.45) is 0 Å². The number of methoxy groups -OCH3 is 1. The number of hydrazine groups is 1. The molecule has 27 heavy (non-hydrogen) atoms. The summed E-state index contributed by atoms with van der Waals surface area (Å²) < 4.78 is 11.6. The van der Waals surface area contributed by atoms with Gasteiger partial charge in [-0.25, -0.2) is 0 Å². The highest BCUT2D eigenvalue weighted by atomic mass is 127. The van der Waals surface area contributed by atoms with Gasteiger partial charge in [0.2, 0.25) is 0 Å². The van der Waals surface area contributed by atoms with Gasteiger partial charge in [-0.2, -0.15) is 0 Å². The molecule has 0 aliphatic heterocycles. The normalized spacial score (nSPS) is 10.2. The highest BCUT2D eigenvalue weighted by Crippen LogP contribution is 2.21. The number of rotatable bonds is 8. The van der Waals surface area contributed by atoms with Crippen molar-refractivity contribution in [3.05, 3.63) is 57.2 Å². The monoisotopic (exact) mass is 482 g/mol. The number of halogens is 1. The number of benzene rings is 2. The van der Waals surface area contributed by atoms with Gasteiger partial charge in [0, 0.05) is 11.1 Å². The molecule has 2 aromatic carbocycles. The van der Waals surface area contributed by atoms with Crippen LogP contribution >= 0.6 is 22.6 Å². The van der Waals surface area contributed by atoms with E-state index in [1.807, 2.05) is 0 Å². The van der Waals surface area contributed by atoms with Crippen molar-refractivity contribution < 1.29 is 19.1 Å². The minimum atomic E-state index is -0.403. The van der Waals surface area contributed by atoms with Gasteiger partial charge in [-0.05, 0) is 71.5 Å². The van der Waals surface area contributed by atoms with E-state index >= 15 is 0 Å². The second-order valence-corrected chi connectivity index (χ2v) is 7.00. The Morgan fingerprint density at radius 2 is 1.59 bits per heavy atom. The predicted octanol–water partition coefficient (Wildman–Crippen LogP) is 3.94. The Hall–Kier alpha value is -2.29. The van der Waals surface area contributed by atoms with E-state index in [1.165, 1.54) is 0 Å². The lowest BCUT2D eigenvalue weighted by molar-refractivity contribution is 0.0846. The fourth-order valence-corrected chi connectivity index (χ4v) is 3.05. The Morgan fingerprint density at radius 3 is 2.19 bits per heavy atom. The molecule has 0 saturated heterocycles. The first-order valence-corrected chi connectivity index (χ1v) is 9.80. The molecule has 0 bridgehead atoms. The van der Waals surface area contributed by atoms with Gasteiger partial charge < -0.3 is 9.47 Å². The Labute approximate surface area is 172 Å². The van der Waals surface area contributed by atoms with Crippen LogP contribution in [0.4, 0.5) is 0 Å². The predicted molar refractivity (Wildman–Crippen MR) is 112 cm³/mol. The van der Waals surface area contributed by atoms with Crippen LogP contribution in [0.5, 0.6) is 11.5 Å². The summed E-state index contributed by atoms with van der Waals surface area (Å²) in [5.74, 6) is 0.608. The van der Waals surface area contributed by atoms with Crippen molar-refractivity contribution in [1.82, 2.24) is 10.9 Å². The highest BCUT2D eigenvalue weighted by Gasteiger charge is 2.11. The molecule has 0 aromatic heterocycles. The summed E-state index contributed by atoms with van der Waals surface area (Å²) in [7, 11) is 1.57. The van der Waals surface area contributed by atoms with E-state index in [1.54, 1.807) is 49.6 Å². The maximum atomic E-state index is 12.2. The molecule has 0 fully saturated rings. The number of hydrogen-bond acceptors (Lipinski definition) is 4. The third-order valence-electron chi connectivity index (χ3n) is 3.84.